The van der Waals surface area contributed by atoms with E-state index in [2.05, 4.69) is 49.2 Å². The summed E-state index contributed by atoms with van der Waals surface area (Å²) in [6, 6.07) is 12.7. The van der Waals surface area contributed by atoms with Crippen molar-refractivity contribution in [3.8, 4) is 0 Å². The normalized spacial score (nSPS) is 11.5. The monoisotopic (exact) mass is 240 g/mol. The highest BCUT2D eigenvalue weighted by atomic mass is 14.6. The molecule has 2 aromatic rings. The lowest BCUT2D eigenvalue weighted by molar-refractivity contribution is 0.538. The molecule has 2 N–H and O–H groups in total. The molecule has 0 spiro atoms. The quantitative estimate of drug-likeness (QED) is 0.892. The third-order valence-electron chi connectivity index (χ3n) is 3.35. The lowest BCUT2D eigenvalue weighted by Crippen LogP contribution is -2.28. The Morgan fingerprint density at radius 3 is 2.56 bits per heavy atom. The molecule has 0 bridgehead atoms. The molecule has 0 fully saturated rings. The molecule has 2 rings (SSSR count). The molecule has 0 saturated heterocycles. The number of nitrogens with two attached hydrogens (primary N) is 1. The van der Waals surface area contributed by atoms with Gasteiger partial charge in [0.1, 0.15) is 0 Å². The lowest BCUT2D eigenvalue weighted by Gasteiger charge is -2.23. The summed E-state index contributed by atoms with van der Waals surface area (Å²) in [7, 11) is 0. The third-order valence-corrected chi connectivity index (χ3v) is 3.35. The van der Waals surface area contributed by atoms with Crippen molar-refractivity contribution < 1.29 is 0 Å². The van der Waals surface area contributed by atoms with Crippen LogP contribution in [0, 0.1) is 0 Å². The summed E-state index contributed by atoms with van der Waals surface area (Å²) in [6.07, 6.45) is 4.64. The zero-order valence-electron chi connectivity index (χ0n) is 11.1. The molecule has 1 aromatic heterocycles. The largest absolute Gasteiger partial charge is 0.330 e. The van der Waals surface area contributed by atoms with Crippen molar-refractivity contribution in [2.24, 2.45) is 5.73 Å². The molecule has 1 aromatic carbocycles. The molecule has 0 aliphatic rings. The predicted octanol–water partition coefficient (Wildman–Crippen LogP) is 2.91. The van der Waals surface area contributed by atoms with Gasteiger partial charge < -0.3 is 5.73 Å². The Morgan fingerprint density at radius 2 is 1.89 bits per heavy atom. The second kappa shape index (κ2) is 5.32. The van der Waals surface area contributed by atoms with Gasteiger partial charge in [-0.05, 0) is 29.2 Å². The molecule has 0 radical (unpaired) electrons. The van der Waals surface area contributed by atoms with E-state index in [1.807, 2.05) is 12.3 Å². The van der Waals surface area contributed by atoms with Gasteiger partial charge in [0.25, 0.3) is 0 Å². The molecule has 0 atom stereocenters. The molecule has 2 nitrogen and oxygen atoms in total. The second-order valence-corrected chi connectivity index (χ2v) is 5.33. The van der Waals surface area contributed by atoms with Crippen LogP contribution in [0.15, 0.2) is 48.8 Å². The van der Waals surface area contributed by atoms with E-state index in [0.717, 1.165) is 6.42 Å². The first-order valence-corrected chi connectivity index (χ1v) is 6.30. The maximum absolute atomic E-state index is 5.83. The van der Waals surface area contributed by atoms with Crippen molar-refractivity contribution >= 4 is 0 Å². The van der Waals surface area contributed by atoms with Crippen LogP contribution in [0.5, 0.6) is 0 Å². The number of benzene rings is 1. The Kier molecular flexibility index (Phi) is 3.78. The fourth-order valence-corrected chi connectivity index (χ4v) is 1.96. The molecular formula is C16H20N2. The smallest absolute Gasteiger partial charge is 0.0303 e. The van der Waals surface area contributed by atoms with E-state index in [-0.39, 0.29) is 5.41 Å². The Labute approximate surface area is 109 Å². The van der Waals surface area contributed by atoms with Gasteiger partial charge in [0.15, 0.2) is 0 Å². The molecule has 2 heteroatoms. The van der Waals surface area contributed by atoms with E-state index in [1.165, 1.54) is 16.7 Å². The average Bonchev–Trinajstić information content (AvgIpc) is 2.40. The average molecular weight is 240 g/mol. The highest BCUT2D eigenvalue weighted by Crippen LogP contribution is 2.23. The van der Waals surface area contributed by atoms with Crippen molar-refractivity contribution in [3.63, 3.8) is 0 Å². The fraction of sp³-hybridized carbons (Fsp3) is 0.312. The first-order chi connectivity index (χ1) is 8.62. The maximum atomic E-state index is 5.83. The van der Waals surface area contributed by atoms with Gasteiger partial charge >= 0.3 is 0 Å². The SMILES string of the molecule is CC(C)(CN)c1cccc(Cc2cccnc2)c1. The van der Waals surface area contributed by atoms with Crippen LogP contribution in [0.25, 0.3) is 0 Å². The van der Waals surface area contributed by atoms with Crippen molar-refractivity contribution in [2.75, 3.05) is 6.54 Å². The second-order valence-electron chi connectivity index (χ2n) is 5.33. The number of aromatic nitrogens is 1. The molecule has 18 heavy (non-hydrogen) atoms. The Bertz CT molecular complexity index is 504. The Balaban J connectivity index is 2.23. The summed E-state index contributed by atoms with van der Waals surface area (Å²) in [5.41, 5.74) is 9.70. The van der Waals surface area contributed by atoms with Crippen LogP contribution in [0.1, 0.15) is 30.5 Å². The highest BCUT2D eigenvalue weighted by Gasteiger charge is 2.18. The molecule has 94 valence electrons. The van der Waals surface area contributed by atoms with E-state index >= 15 is 0 Å². The van der Waals surface area contributed by atoms with Crippen LogP contribution in [0.4, 0.5) is 0 Å². The van der Waals surface area contributed by atoms with Crippen LogP contribution < -0.4 is 5.73 Å². The topological polar surface area (TPSA) is 38.9 Å². The number of pyridine rings is 1. The first kappa shape index (κ1) is 12.8. The van der Waals surface area contributed by atoms with E-state index in [0.29, 0.717) is 6.54 Å². The van der Waals surface area contributed by atoms with Gasteiger partial charge in [-0.25, -0.2) is 0 Å². The van der Waals surface area contributed by atoms with Crippen LogP contribution in [0.3, 0.4) is 0 Å². The zero-order chi connectivity index (χ0) is 13.0. The Morgan fingerprint density at radius 1 is 1.11 bits per heavy atom. The summed E-state index contributed by atoms with van der Waals surface area (Å²) in [6.45, 7) is 5.01. The first-order valence-electron chi connectivity index (χ1n) is 6.30. The van der Waals surface area contributed by atoms with Gasteiger partial charge in [-0.3, -0.25) is 4.98 Å². The van der Waals surface area contributed by atoms with Crippen molar-refractivity contribution in [3.05, 3.63) is 65.5 Å². The fourth-order valence-electron chi connectivity index (χ4n) is 1.96. The molecule has 0 aliphatic heterocycles. The minimum atomic E-state index is 0.0327. The van der Waals surface area contributed by atoms with Gasteiger partial charge in [-0.1, -0.05) is 44.2 Å². The van der Waals surface area contributed by atoms with Crippen LogP contribution >= 0.6 is 0 Å². The Hall–Kier alpha value is -1.67. The number of hydrogen-bond acceptors (Lipinski definition) is 2. The van der Waals surface area contributed by atoms with Crippen molar-refractivity contribution in [1.82, 2.24) is 4.98 Å². The molecule has 1 heterocycles. The third kappa shape index (κ3) is 2.96. The van der Waals surface area contributed by atoms with E-state index < -0.39 is 0 Å². The van der Waals surface area contributed by atoms with E-state index in [9.17, 15) is 0 Å². The summed E-state index contributed by atoms with van der Waals surface area (Å²) in [5, 5.41) is 0. The van der Waals surface area contributed by atoms with Crippen LogP contribution in [-0.2, 0) is 11.8 Å². The van der Waals surface area contributed by atoms with Gasteiger partial charge in [0, 0.05) is 24.4 Å². The van der Waals surface area contributed by atoms with Gasteiger partial charge in [0.05, 0.1) is 0 Å². The standard InChI is InChI=1S/C16H20N2/c1-16(2,12-17)15-7-3-5-13(10-15)9-14-6-4-8-18-11-14/h3-8,10-11H,9,12,17H2,1-2H3. The predicted molar refractivity (Wildman–Crippen MR) is 75.6 cm³/mol. The number of hydrogen-bond donors (Lipinski definition) is 1. The molecule has 0 unspecified atom stereocenters. The highest BCUT2D eigenvalue weighted by molar-refractivity contribution is 5.32. The van der Waals surface area contributed by atoms with Gasteiger partial charge in [0.2, 0.25) is 0 Å². The number of nitrogens with zero attached hydrogens (tertiary/aromatic N) is 1. The van der Waals surface area contributed by atoms with Crippen LogP contribution in [-0.4, -0.2) is 11.5 Å². The van der Waals surface area contributed by atoms with Crippen molar-refractivity contribution in [1.29, 1.82) is 0 Å². The zero-order valence-corrected chi connectivity index (χ0v) is 11.1. The maximum Gasteiger partial charge on any atom is 0.0303 e. The molecular weight excluding hydrogens is 220 g/mol. The summed E-state index contributed by atoms with van der Waals surface area (Å²) in [5.74, 6) is 0. The molecule has 0 aliphatic carbocycles. The van der Waals surface area contributed by atoms with Gasteiger partial charge in [-0.15, -0.1) is 0 Å². The molecule has 0 amide bonds. The van der Waals surface area contributed by atoms with Crippen molar-refractivity contribution in [2.45, 2.75) is 25.7 Å². The van der Waals surface area contributed by atoms with Gasteiger partial charge in [-0.2, -0.15) is 0 Å². The summed E-state index contributed by atoms with van der Waals surface area (Å²) >= 11 is 0. The van der Waals surface area contributed by atoms with E-state index in [1.54, 1.807) is 6.20 Å². The number of rotatable bonds is 4. The van der Waals surface area contributed by atoms with Crippen LogP contribution in [0.2, 0.25) is 0 Å². The summed E-state index contributed by atoms with van der Waals surface area (Å²) < 4.78 is 0. The summed E-state index contributed by atoms with van der Waals surface area (Å²) in [4.78, 5) is 4.15. The van der Waals surface area contributed by atoms with E-state index in [4.69, 9.17) is 5.73 Å². The minimum absolute atomic E-state index is 0.0327. The molecule has 0 saturated carbocycles. The minimum Gasteiger partial charge on any atom is -0.330 e. The lowest BCUT2D eigenvalue weighted by atomic mass is 9.83.